The van der Waals surface area contributed by atoms with Crippen molar-refractivity contribution in [2.45, 2.75) is 13.5 Å². The quantitative estimate of drug-likeness (QED) is 0.438. The highest BCUT2D eigenvalue weighted by Gasteiger charge is 2.16. The van der Waals surface area contributed by atoms with Crippen LogP contribution >= 0.6 is 22.9 Å². The number of aromatic amines is 1. The summed E-state index contributed by atoms with van der Waals surface area (Å²) in [4.78, 5) is 24.9. The third kappa shape index (κ3) is 4.64. The lowest BCUT2D eigenvalue weighted by Crippen LogP contribution is -2.11. The second-order valence-corrected chi connectivity index (χ2v) is 7.75. The predicted molar refractivity (Wildman–Crippen MR) is 115 cm³/mol. The molecule has 0 spiro atoms. The summed E-state index contributed by atoms with van der Waals surface area (Å²) in [6.45, 7) is 2.11. The van der Waals surface area contributed by atoms with Crippen molar-refractivity contribution in [1.82, 2.24) is 15.0 Å². The summed E-state index contributed by atoms with van der Waals surface area (Å²) in [5, 5.41) is 4.29. The number of rotatable bonds is 6. The van der Waals surface area contributed by atoms with Gasteiger partial charge in [0, 0.05) is 28.7 Å². The fraction of sp³-hybridized carbons (Fsp3) is 0.0952. The van der Waals surface area contributed by atoms with Crippen molar-refractivity contribution in [3.05, 3.63) is 81.5 Å². The molecule has 29 heavy (non-hydrogen) atoms. The van der Waals surface area contributed by atoms with Crippen LogP contribution in [0, 0.1) is 6.92 Å². The minimum Gasteiger partial charge on any atom is -0.486 e. The first-order valence-electron chi connectivity index (χ1n) is 8.84. The average Bonchev–Trinajstić information content (AvgIpc) is 3.38. The molecule has 0 saturated heterocycles. The Bertz CT molecular complexity index is 1110. The van der Waals surface area contributed by atoms with E-state index in [9.17, 15) is 4.79 Å². The lowest BCUT2D eigenvalue weighted by Gasteiger charge is -2.05. The van der Waals surface area contributed by atoms with E-state index in [4.69, 9.17) is 16.3 Å². The number of nitrogens with one attached hydrogen (secondary N) is 2. The maximum Gasteiger partial charge on any atom is 0.267 e. The maximum atomic E-state index is 12.7. The first kappa shape index (κ1) is 19.2. The summed E-state index contributed by atoms with van der Waals surface area (Å²) in [5.41, 5.74) is 2.33. The van der Waals surface area contributed by atoms with E-state index in [1.54, 1.807) is 36.7 Å². The molecule has 0 atom stereocenters. The molecule has 0 aliphatic carbocycles. The number of nitrogens with zero attached hydrogens (tertiary/aromatic N) is 2. The van der Waals surface area contributed by atoms with Crippen molar-refractivity contribution in [2.75, 3.05) is 5.32 Å². The van der Waals surface area contributed by atoms with Crippen LogP contribution < -0.4 is 10.1 Å². The van der Waals surface area contributed by atoms with E-state index < -0.39 is 0 Å². The third-order valence-electron chi connectivity index (χ3n) is 4.14. The number of thiazole rings is 1. The van der Waals surface area contributed by atoms with Crippen molar-refractivity contribution >= 4 is 34.5 Å². The number of carbonyl (C=O) groups is 1. The zero-order valence-corrected chi connectivity index (χ0v) is 17.1. The minimum absolute atomic E-state index is 0.191. The molecule has 0 aliphatic rings. The molecule has 146 valence electrons. The molecule has 0 bridgehead atoms. The zero-order valence-electron chi connectivity index (χ0n) is 15.5. The van der Waals surface area contributed by atoms with Crippen LogP contribution in [-0.2, 0) is 6.61 Å². The van der Waals surface area contributed by atoms with Gasteiger partial charge in [-0.05, 0) is 55.5 Å². The number of H-pyrrole nitrogens is 1. The molecule has 2 aromatic carbocycles. The highest BCUT2D eigenvalue weighted by molar-refractivity contribution is 7.13. The smallest absolute Gasteiger partial charge is 0.267 e. The van der Waals surface area contributed by atoms with Gasteiger partial charge in [-0.15, -0.1) is 11.3 Å². The maximum absolute atomic E-state index is 12.7. The van der Waals surface area contributed by atoms with Gasteiger partial charge in [-0.25, -0.2) is 9.97 Å². The standard InChI is InChI=1S/C21H17ClN4O2S/c1-13-19(29-18(25-13)12-28-17-8-4-15(22)5-9-17)21(27)26-16-6-2-14(3-7-16)20-23-10-11-24-20/h2-11H,12H2,1H3,(H,23,24)(H,26,27). The van der Waals surface area contributed by atoms with Gasteiger partial charge < -0.3 is 15.0 Å². The van der Waals surface area contributed by atoms with Crippen LogP contribution in [-0.4, -0.2) is 20.9 Å². The van der Waals surface area contributed by atoms with Crippen molar-refractivity contribution in [1.29, 1.82) is 0 Å². The summed E-state index contributed by atoms with van der Waals surface area (Å²) in [5.74, 6) is 1.29. The summed E-state index contributed by atoms with van der Waals surface area (Å²) in [6.07, 6.45) is 3.47. The van der Waals surface area contributed by atoms with Crippen LogP contribution in [0.5, 0.6) is 5.75 Å². The molecule has 0 aliphatic heterocycles. The Hall–Kier alpha value is -3.16. The molecule has 4 rings (SSSR count). The molecular formula is C21H17ClN4O2S. The van der Waals surface area contributed by atoms with Crippen LogP contribution in [0.3, 0.4) is 0 Å². The molecule has 2 heterocycles. The van der Waals surface area contributed by atoms with E-state index in [2.05, 4.69) is 20.3 Å². The molecule has 0 unspecified atom stereocenters. The summed E-state index contributed by atoms with van der Waals surface area (Å²) in [6, 6.07) is 14.6. The van der Waals surface area contributed by atoms with Gasteiger partial charge in [0.2, 0.25) is 0 Å². The van der Waals surface area contributed by atoms with Crippen LogP contribution in [0.1, 0.15) is 20.4 Å². The molecule has 2 N–H and O–H groups in total. The molecule has 6 nitrogen and oxygen atoms in total. The number of aromatic nitrogens is 3. The van der Waals surface area contributed by atoms with Gasteiger partial charge in [-0.1, -0.05) is 11.6 Å². The second-order valence-electron chi connectivity index (χ2n) is 6.23. The number of ether oxygens (including phenoxy) is 1. The average molecular weight is 425 g/mol. The van der Waals surface area contributed by atoms with Gasteiger partial charge in [0.15, 0.2) is 0 Å². The number of carbonyl (C=O) groups excluding carboxylic acids is 1. The van der Waals surface area contributed by atoms with Crippen LogP contribution in [0.4, 0.5) is 5.69 Å². The van der Waals surface area contributed by atoms with E-state index in [1.807, 2.05) is 31.2 Å². The van der Waals surface area contributed by atoms with Crippen LogP contribution in [0.25, 0.3) is 11.4 Å². The zero-order chi connectivity index (χ0) is 20.2. The number of anilines is 1. The summed E-state index contributed by atoms with van der Waals surface area (Å²) >= 11 is 7.20. The number of imidazole rings is 1. The van der Waals surface area contributed by atoms with E-state index in [1.165, 1.54) is 11.3 Å². The topological polar surface area (TPSA) is 79.9 Å². The van der Waals surface area contributed by atoms with Gasteiger partial charge in [0.25, 0.3) is 5.91 Å². The number of hydrogen-bond donors (Lipinski definition) is 2. The Kier molecular flexibility index (Phi) is 5.59. The SMILES string of the molecule is Cc1nc(COc2ccc(Cl)cc2)sc1C(=O)Nc1ccc(-c2ncc[nH]2)cc1. The van der Waals surface area contributed by atoms with Gasteiger partial charge >= 0.3 is 0 Å². The largest absolute Gasteiger partial charge is 0.486 e. The Labute approximate surface area is 176 Å². The molecule has 8 heteroatoms. The van der Waals surface area contributed by atoms with Crippen molar-refractivity contribution in [3.8, 4) is 17.1 Å². The second kappa shape index (κ2) is 8.46. The molecular weight excluding hydrogens is 408 g/mol. The minimum atomic E-state index is -0.191. The van der Waals surface area contributed by atoms with Crippen molar-refractivity contribution in [2.24, 2.45) is 0 Å². The normalized spacial score (nSPS) is 10.7. The monoisotopic (exact) mass is 424 g/mol. The Balaban J connectivity index is 1.40. The number of halogens is 1. The number of amides is 1. The Morgan fingerprint density at radius 3 is 2.62 bits per heavy atom. The molecule has 0 saturated carbocycles. The van der Waals surface area contributed by atoms with Gasteiger partial charge in [-0.3, -0.25) is 4.79 Å². The molecule has 2 aromatic heterocycles. The lowest BCUT2D eigenvalue weighted by atomic mass is 10.2. The van der Waals surface area contributed by atoms with Gasteiger partial charge in [-0.2, -0.15) is 0 Å². The molecule has 4 aromatic rings. The van der Waals surface area contributed by atoms with E-state index in [0.29, 0.717) is 27.0 Å². The molecule has 1 amide bonds. The van der Waals surface area contributed by atoms with Crippen molar-refractivity contribution < 1.29 is 9.53 Å². The van der Waals surface area contributed by atoms with Crippen molar-refractivity contribution in [3.63, 3.8) is 0 Å². The number of hydrogen-bond acceptors (Lipinski definition) is 5. The van der Waals surface area contributed by atoms with E-state index in [-0.39, 0.29) is 12.5 Å². The van der Waals surface area contributed by atoms with E-state index >= 15 is 0 Å². The van der Waals surface area contributed by atoms with Crippen LogP contribution in [0.15, 0.2) is 60.9 Å². The fourth-order valence-corrected chi connectivity index (χ4v) is 3.72. The highest BCUT2D eigenvalue weighted by atomic mass is 35.5. The van der Waals surface area contributed by atoms with Crippen LogP contribution in [0.2, 0.25) is 5.02 Å². The molecule has 0 fully saturated rings. The Morgan fingerprint density at radius 1 is 1.17 bits per heavy atom. The summed E-state index contributed by atoms with van der Waals surface area (Å²) in [7, 11) is 0. The first-order chi connectivity index (χ1) is 14.1. The lowest BCUT2D eigenvalue weighted by molar-refractivity contribution is 0.103. The third-order valence-corrected chi connectivity index (χ3v) is 5.52. The molecule has 0 radical (unpaired) electrons. The summed E-state index contributed by atoms with van der Waals surface area (Å²) < 4.78 is 5.71. The first-order valence-corrected chi connectivity index (χ1v) is 10.0. The van der Waals surface area contributed by atoms with E-state index in [0.717, 1.165) is 16.4 Å². The Morgan fingerprint density at radius 2 is 1.93 bits per heavy atom. The van der Waals surface area contributed by atoms with Gasteiger partial charge in [0.05, 0.1) is 5.69 Å². The number of benzene rings is 2. The fourth-order valence-electron chi connectivity index (χ4n) is 2.72. The highest BCUT2D eigenvalue weighted by Crippen LogP contribution is 2.23. The van der Waals surface area contributed by atoms with Gasteiger partial charge in [0.1, 0.15) is 28.1 Å². The predicted octanol–water partition coefficient (Wildman–Crippen LogP) is 5.33. The number of aryl methyl sites for hydroxylation is 1.